The van der Waals surface area contributed by atoms with Gasteiger partial charge in [-0.2, -0.15) is 0 Å². The van der Waals surface area contributed by atoms with Gasteiger partial charge in [-0.15, -0.1) is 0 Å². The highest BCUT2D eigenvalue weighted by Crippen LogP contribution is 2.51. The zero-order valence-corrected chi connectivity index (χ0v) is 13.5. The fourth-order valence-corrected chi connectivity index (χ4v) is 4.16. The van der Waals surface area contributed by atoms with Crippen molar-refractivity contribution in [2.24, 2.45) is 11.3 Å². The zero-order chi connectivity index (χ0) is 15.0. The normalized spacial score (nSPS) is 33.4. The molecule has 2 saturated carbocycles. The Morgan fingerprint density at radius 3 is 2.76 bits per heavy atom. The number of nitrogens with one attached hydrogen (secondary N) is 2. The summed E-state index contributed by atoms with van der Waals surface area (Å²) in [4.78, 5) is 14.5. The summed E-state index contributed by atoms with van der Waals surface area (Å²) in [5.41, 5.74) is 0.0575. The molecule has 2 amide bonds. The van der Waals surface area contributed by atoms with Crippen LogP contribution in [0.5, 0.6) is 0 Å². The van der Waals surface area contributed by atoms with Crippen LogP contribution in [0.2, 0.25) is 0 Å². The van der Waals surface area contributed by atoms with Gasteiger partial charge in [0.15, 0.2) is 0 Å². The summed E-state index contributed by atoms with van der Waals surface area (Å²) >= 11 is 0. The first-order valence-corrected chi connectivity index (χ1v) is 8.44. The monoisotopic (exact) mass is 295 g/mol. The molecule has 5 nitrogen and oxygen atoms in total. The molecule has 0 aromatic heterocycles. The van der Waals surface area contributed by atoms with Crippen molar-refractivity contribution in [3.8, 4) is 0 Å². The van der Waals surface area contributed by atoms with E-state index in [4.69, 9.17) is 4.74 Å². The highest BCUT2D eigenvalue weighted by molar-refractivity contribution is 5.74. The van der Waals surface area contributed by atoms with E-state index in [-0.39, 0.29) is 17.5 Å². The minimum absolute atomic E-state index is 0.0229. The number of carbonyl (C=O) groups excluding carboxylic acids is 1. The number of urea groups is 1. The summed E-state index contributed by atoms with van der Waals surface area (Å²) in [6, 6.07) is 0.989. The molecule has 3 rings (SSSR count). The van der Waals surface area contributed by atoms with Gasteiger partial charge in [0.05, 0.1) is 6.10 Å². The van der Waals surface area contributed by atoms with Crippen LogP contribution >= 0.6 is 0 Å². The van der Waals surface area contributed by atoms with Gasteiger partial charge in [0, 0.05) is 43.1 Å². The zero-order valence-electron chi connectivity index (χ0n) is 13.5. The van der Waals surface area contributed by atoms with Crippen LogP contribution in [-0.2, 0) is 4.74 Å². The quantitative estimate of drug-likeness (QED) is 0.782. The molecule has 0 radical (unpaired) electrons. The standard InChI is InChI=1S/C16H29N3O2/c1-4-19(11-5-6-11)9-8-17-15(20)18-13-12-7-10-21-14(12)16(13,2)3/h11-14H,4-10H2,1-3H3,(H2,17,18,20)/t12-,13-,14-/m1/s1. The summed E-state index contributed by atoms with van der Waals surface area (Å²) in [6.45, 7) is 10.2. The van der Waals surface area contributed by atoms with Crippen LogP contribution in [0.15, 0.2) is 0 Å². The summed E-state index contributed by atoms with van der Waals surface area (Å²) in [6.07, 6.45) is 4.04. The lowest BCUT2D eigenvalue weighted by Gasteiger charge is -2.54. The number of ether oxygens (including phenoxy) is 1. The third-order valence-corrected chi connectivity index (χ3v) is 5.54. The maximum atomic E-state index is 12.1. The molecular weight excluding hydrogens is 266 g/mol. The molecule has 120 valence electrons. The Hall–Kier alpha value is -0.810. The molecule has 0 spiro atoms. The molecule has 1 heterocycles. The number of hydrogen-bond donors (Lipinski definition) is 2. The van der Waals surface area contributed by atoms with Gasteiger partial charge in [-0.05, 0) is 25.8 Å². The fourth-order valence-electron chi connectivity index (χ4n) is 4.16. The van der Waals surface area contributed by atoms with Crippen LogP contribution in [0, 0.1) is 11.3 Å². The molecule has 2 N–H and O–H groups in total. The van der Waals surface area contributed by atoms with Crippen LogP contribution in [-0.4, -0.2) is 55.4 Å². The second-order valence-corrected chi connectivity index (χ2v) is 7.30. The lowest BCUT2D eigenvalue weighted by molar-refractivity contribution is -0.108. The van der Waals surface area contributed by atoms with Crippen LogP contribution in [0.3, 0.4) is 0 Å². The molecule has 2 aliphatic carbocycles. The van der Waals surface area contributed by atoms with E-state index in [9.17, 15) is 4.79 Å². The Morgan fingerprint density at radius 2 is 2.10 bits per heavy atom. The SMILES string of the molecule is CCN(CCNC(=O)N[C@@H]1[C@H]2CCO[C@H]2C1(C)C)C1CC1. The van der Waals surface area contributed by atoms with Gasteiger partial charge in [0.1, 0.15) is 0 Å². The van der Waals surface area contributed by atoms with Gasteiger partial charge < -0.3 is 15.4 Å². The third kappa shape index (κ3) is 2.90. The first kappa shape index (κ1) is 15.1. The molecular formula is C16H29N3O2. The van der Waals surface area contributed by atoms with E-state index in [1.165, 1.54) is 12.8 Å². The van der Waals surface area contributed by atoms with E-state index in [1.807, 2.05) is 0 Å². The minimum atomic E-state index is -0.0229. The Morgan fingerprint density at radius 1 is 1.33 bits per heavy atom. The Balaban J connectivity index is 1.40. The van der Waals surface area contributed by atoms with Crippen molar-refractivity contribution in [2.75, 3.05) is 26.2 Å². The van der Waals surface area contributed by atoms with Crippen molar-refractivity contribution >= 4 is 6.03 Å². The average Bonchev–Trinajstić information content (AvgIpc) is 3.18. The number of amides is 2. The maximum absolute atomic E-state index is 12.1. The van der Waals surface area contributed by atoms with Crippen LogP contribution in [0.4, 0.5) is 4.79 Å². The predicted octanol–water partition coefficient (Wildman–Crippen LogP) is 1.58. The van der Waals surface area contributed by atoms with E-state index >= 15 is 0 Å². The lowest BCUT2D eigenvalue weighted by atomic mass is 9.57. The molecule has 3 aliphatic rings. The van der Waals surface area contributed by atoms with E-state index in [1.54, 1.807) is 0 Å². The van der Waals surface area contributed by atoms with Crippen molar-refractivity contribution in [2.45, 2.75) is 58.2 Å². The van der Waals surface area contributed by atoms with E-state index < -0.39 is 0 Å². The minimum Gasteiger partial charge on any atom is -0.377 e. The average molecular weight is 295 g/mol. The van der Waals surface area contributed by atoms with Gasteiger partial charge in [0.25, 0.3) is 0 Å². The number of hydrogen-bond acceptors (Lipinski definition) is 3. The van der Waals surface area contributed by atoms with Crippen LogP contribution in [0.25, 0.3) is 0 Å². The topological polar surface area (TPSA) is 53.6 Å². The molecule has 21 heavy (non-hydrogen) atoms. The number of nitrogens with zero attached hydrogens (tertiary/aromatic N) is 1. The van der Waals surface area contributed by atoms with Gasteiger partial charge in [-0.25, -0.2) is 4.79 Å². The second kappa shape index (κ2) is 5.76. The molecule has 0 aromatic rings. The molecule has 3 atom stereocenters. The summed E-state index contributed by atoms with van der Waals surface area (Å²) in [7, 11) is 0. The summed E-state index contributed by atoms with van der Waals surface area (Å²) < 4.78 is 5.76. The highest BCUT2D eigenvalue weighted by Gasteiger charge is 2.59. The number of fused-ring (bicyclic) bond motifs is 1. The van der Waals surface area contributed by atoms with E-state index in [0.717, 1.165) is 38.7 Å². The Labute approximate surface area is 127 Å². The fraction of sp³-hybridized carbons (Fsp3) is 0.938. The first-order chi connectivity index (χ1) is 10.0. The first-order valence-electron chi connectivity index (χ1n) is 8.44. The van der Waals surface area contributed by atoms with Crippen molar-refractivity contribution in [3.63, 3.8) is 0 Å². The molecule has 0 aromatic carbocycles. The second-order valence-electron chi connectivity index (χ2n) is 7.30. The highest BCUT2D eigenvalue weighted by atomic mass is 16.5. The maximum Gasteiger partial charge on any atom is 0.315 e. The van der Waals surface area contributed by atoms with Gasteiger partial charge >= 0.3 is 6.03 Å². The molecule has 0 bridgehead atoms. The lowest BCUT2D eigenvalue weighted by Crippen LogP contribution is -2.67. The largest absolute Gasteiger partial charge is 0.377 e. The smallest absolute Gasteiger partial charge is 0.315 e. The summed E-state index contributed by atoms with van der Waals surface area (Å²) in [5.74, 6) is 0.504. The molecule has 1 saturated heterocycles. The van der Waals surface area contributed by atoms with E-state index in [0.29, 0.717) is 12.0 Å². The molecule has 3 fully saturated rings. The van der Waals surface area contributed by atoms with Crippen LogP contribution in [0.1, 0.15) is 40.0 Å². The number of likely N-dealkylation sites (N-methyl/N-ethyl adjacent to an activating group) is 1. The van der Waals surface area contributed by atoms with E-state index in [2.05, 4.69) is 36.3 Å². The van der Waals surface area contributed by atoms with Crippen molar-refractivity contribution in [3.05, 3.63) is 0 Å². The Bertz CT molecular complexity index is 395. The molecule has 1 aliphatic heterocycles. The molecule has 5 heteroatoms. The van der Waals surface area contributed by atoms with Gasteiger partial charge in [-0.1, -0.05) is 20.8 Å². The number of rotatable bonds is 6. The predicted molar refractivity (Wildman–Crippen MR) is 82.2 cm³/mol. The summed E-state index contributed by atoms with van der Waals surface area (Å²) in [5, 5.41) is 6.18. The van der Waals surface area contributed by atoms with Gasteiger partial charge in [-0.3, -0.25) is 4.90 Å². The number of carbonyl (C=O) groups is 1. The van der Waals surface area contributed by atoms with Crippen molar-refractivity contribution < 1.29 is 9.53 Å². The Kier molecular flexibility index (Phi) is 4.14. The third-order valence-electron chi connectivity index (χ3n) is 5.54. The molecule has 0 unspecified atom stereocenters. The van der Waals surface area contributed by atoms with Crippen molar-refractivity contribution in [1.82, 2.24) is 15.5 Å². The van der Waals surface area contributed by atoms with Gasteiger partial charge in [0.2, 0.25) is 0 Å². The van der Waals surface area contributed by atoms with Crippen LogP contribution < -0.4 is 10.6 Å². The van der Waals surface area contributed by atoms with Crippen molar-refractivity contribution in [1.29, 1.82) is 0 Å².